The maximum Gasteiger partial charge on any atom is 0.159 e. The standard InChI is InChI=1S/C16H15ClN6/c17-12-5-1-2-6-13(12)23-16-14(18)15(21-10-22-16)20-9-11-4-3-7-19-8-11/h1-8,10H,9,18H2,(H2,20,21,22,23). The van der Waals surface area contributed by atoms with E-state index < -0.39 is 0 Å². The third-order valence-corrected chi connectivity index (χ3v) is 3.52. The first kappa shape index (κ1) is 15.1. The smallest absolute Gasteiger partial charge is 0.159 e. The van der Waals surface area contributed by atoms with Crippen molar-refractivity contribution in [1.82, 2.24) is 15.0 Å². The summed E-state index contributed by atoms with van der Waals surface area (Å²) in [7, 11) is 0. The second-order valence-corrected chi connectivity index (χ2v) is 5.21. The fraction of sp³-hybridized carbons (Fsp3) is 0.0625. The van der Waals surface area contributed by atoms with E-state index in [2.05, 4.69) is 25.6 Å². The van der Waals surface area contributed by atoms with Crippen LogP contribution in [0.15, 0.2) is 55.1 Å². The molecule has 0 aliphatic heterocycles. The molecule has 4 N–H and O–H groups in total. The summed E-state index contributed by atoms with van der Waals surface area (Å²) in [6.07, 6.45) is 4.96. The summed E-state index contributed by atoms with van der Waals surface area (Å²) < 4.78 is 0. The Bertz CT molecular complexity index is 794. The minimum absolute atomic E-state index is 0.427. The number of rotatable bonds is 5. The lowest BCUT2D eigenvalue weighted by molar-refractivity contribution is 1.07. The molecule has 1 aromatic carbocycles. The maximum atomic E-state index is 6.14. The first-order valence-electron chi connectivity index (χ1n) is 6.99. The van der Waals surface area contributed by atoms with Crippen LogP contribution in [0, 0.1) is 0 Å². The second kappa shape index (κ2) is 6.93. The van der Waals surface area contributed by atoms with Crippen LogP contribution in [0.5, 0.6) is 0 Å². The molecule has 0 unspecified atom stereocenters. The largest absolute Gasteiger partial charge is 0.393 e. The number of hydrogen-bond acceptors (Lipinski definition) is 6. The number of hydrogen-bond donors (Lipinski definition) is 3. The van der Waals surface area contributed by atoms with Gasteiger partial charge in [0.1, 0.15) is 12.0 Å². The summed E-state index contributed by atoms with van der Waals surface area (Å²) in [6.45, 7) is 0.570. The monoisotopic (exact) mass is 326 g/mol. The third-order valence-electron chi connectivity index (χ3n) is 3.19. The summed E-state index contributed by atoms with van der Waals surface area (Å²) >= 11 is 6.14. The number of halogens is 1. The van der Waals surface area contributed by atoms with Crippen molar-refractivity contribution in [2.75, 3.05) is 16.4 Å². The zero-order chi connectivity index (χ0) is 16.1. The van der Waals surface area contributed by atoms with Crippen molar-refractivity contribution < 1.29 is 0 Å². The summed E-state index contributed by atoms with van der Waals surface area (Å²) in [4.78, 5) is 12.4. The lowest BCUT2D eigenvalue weighted by atomic mass is 10.3. The first-order valence-corrected chi connectivity index (χ1v) is 7.36. The van der Waals surface area contributed by atoms with E-state index in [-0.39, 0.29) is 0 Å². The molecule has 3 aromatic rings. The molecule has 7 heteroatoms. The highest BCUT2D eigenvalue weighted by molar-refractivity contribution is 6.33. The Morgan fingerprint density at radius 2 is 1.87 bits per heavy atom. The minimum atomic E-state index is 0.427. The molecule has 0 atom stereocenters. The van der Waals surface area contributed by atoms with Gasteiger partial charge in [-0.05, 0) is 23.8 Å². The Balaban J connectivity index is 1.77. The van der Waals surface area contributed by atoms with Gasteiger partial charge in [-0.1, -0.05) is 29.8 Å². The summed E-state index contributed by atoms with van der Waals surface area (Å²) in [6, 6.07) is 11.2. The van der Waals surface area contributed by atoms with E-state index in [0.29, 0.717) is 28.9 Å². The Hall–Kier alpha value is -2.86. The van der Waals surface area contributed by atoms with Crippen LogP contribution in [0.1, 0.15) is 5.56 Å². The van der Waals surface area contributed by atoms with Crippen molar-refractivity contribution in [3.63, 3.8) is 0 Å². The molecule has 0 saturated heterocycles. The molecule has 116 valence electrons. The predicted molar refractivity (Wildman–Crippen MR) is 92.7 cm³/mol. The van der Waals surface area contributed by atoms with Gasteiger partial charge in [-0.2, -0.15) is 0 Å². The average molecular weight is 327 g/mol. The second-order valence-electron chi connectivity index (χ2n) is 4.80. The van der Waals surface area contributed by atoms with Crippen molar-refractivity contribution in [2.24, 2.45) is 0 Å². The van der Waals surface area contributed by atoms with Crippen molar-refractivity contribution in [3.05, 3.63) is 65.7 Å². The van der Waals surface area contributed by atoms with Crippen molar-refractivity contribution in [3.8, 4) is 0 Å². The Morgan fingerprint density at radius 1 is 1.04 bits per heavy atom. The zero-order valence-corrected chi connectivity index (χ0v) is 13.0. The number of para-hydroxylation sites is 1. The van der Waals surface area contributed by atoms with Gasteiger partial charge < -0.3 is 16.4 Å². The number of nitrogens with zero attached hydrogens (tertiary/aromatic N) is 3. The van der Waals surface area contributed by atoms with Crippen LogP contribution in [0.3, 0.4) is 0 Å². The average Bonchev–Trinajstić information content (AvgIpc) is 2.58. The molecule has 0 radical (unpaired) electrons. The van der Waals surface area contributed by atoms with Gasteiger partial charge in [0.15, 0.2) is 11.6 Å². The summed E-state index contributed by atoms with van der Waals surface area (Å²) in [5, 5.41) is 6.89. The highest BCUT2D eigenvalue weighted by Gasteiger charge is 2.09. The molecular weight excluding hydrogens is 312 g/mol. The molecule has 2 heterocycles. The summed E-state index contributed by atoms with van der Waals surface area (Å²) in [5.74, 6) is 1.06. The number of anilines is 4. The van der Waals surface area contributed by atoms with Crippen LogP contribution in [-0.2, 0) is 6.54 Å². The molecule has 23 heavy (non-hydrogen) atoms. The number of nitrogens with two attached hydrogens (primary N) is 1. The van der Waals surface area contributed by atoms with Crippen molar-refractivity contribution in [1.29, 1.82) is 0 Å². The highest BCUT2D eigenvalue weighted by atomic mass is 35.5. The van der Waals surface area contributed by atoms with Gasteiger partial charge in [-0.3, -0.25) is 4.98 Å². The van der Waals surface area contributed by atoms with E-state index in [1.807, 2.05) is 30.3 Å². The van der Waals surface area contributed by atoms with Gasteiger partial charge in [0.05, 0.1) is 10.7 Å². The molecule has 0 bridgehead atoms. The van der Waals surface area contributed by atoms with Gasteiger partial charge in [-0.15, -0.1) is 0 Å². The number of nitrogens with one attached hydrogen (secondary N) is 2. The van der Waals surface area contributed by atoms with Crippen LogP contribution < -0.4 is 16.4 Å². The molecule has 2 aromatic heterocycles. The van der Waals surface area contributed by atoms with Crippen LogP contribution in [-0.4, -0.2) is 15.0 Å². The van der Waals surface area contributed by atoms with Gasteiger partial charge in [-0.25, -0.2) is 9.97 Å². The van der Waals surface area contributed by atoms with Crippen LogP contribution >= 0.6 is 11.6 Å². The Kier molecular flexibility index (Phi) is 4.54. The Labute approximate surface area is 138 Å². The minimum Gasteiger partial charge on any atom is -0.393 e. The van der Waals surface area contributed by atoms with E-state index in [4.69, 9.17) is 17.3 Å². The fourth-order valence-electron chi connectivity index (χ4n) is 2.01. The maximum absolute atomic E-state index is 6.14. The van der Waals surface area contributed by atoms with Gasteiger partial charge in [0, 0.05) is 18.9 Å². The highest BCUT2D eigenvalue weighted by Crippen LogP contribution is 2.29. The van der Waals surface area contributed by atoms with E-state index in [1.165, 1.54) is 6.33 Å². The number of nitrogen functional groups attached to an aromatic ring is 1. The molecule has 0 fully saturated rings. The fourth-order valence-corrected chi connectivity index (χ4v) is 2.20. The molecule has 3 rings (SSSR count). The lowest BCUT2D eigenvalue weighted by Gasteiger charge is -2.13. The van der Waals surface area contributed by atoms with Crippen LogP contribution in [0.4, 0.5) is 23.0 Å². The van der Waals surface area contributed by atoms with Crippen molar-refractivity contribution >= 4 is 34.6 Å². The molecule has 0 amide bonds. The number of pyridine rings is 1. The van der Waals surface area contributed by atoms with Crippen LogP contribution in [0.25, 0.3) is 0 Å². The molecule has 0 spiro atoms. The normalized spacial score (nSPS) is 10.3. The van der Waals surface area contributed by atoms with E-state index in [0.717, 1.165) is 11.3 Å². The third kappa shape index (κ3) is 3.67. The van der Waals surface area contributed by atoms with E-state index in [9.17, 15) is 0 Å². The first-order chi connectivity index (χ1) is 11.2. The quantitative estimate of drug-likeness (QED) is 0.665. The van der Waals surface area contributed by atoms with E-state index in [1.54, 1.807) is 18.5 Å². The van der Waals surface area contributed by atoms with Gasteiger partial charge in [0.25, 0.3) is 0 Å². The topological polar surface area (TPSA) is 88.8 Å². The Morgan fingerprint density at radius 3 is 2.65 bits per heavy atom. The number of benzene rings is 1. The van der Waals surface area contributed by atoms with Crippen LogP contribution in [0.2, 0.25) is 5.02 Å². The van der Waals surface area contributed by atoms with Gasteiger partial charge >= 0.3 is 0 Å². The van der Waals surface area contributed by atoms with Gasteiger partial charge in [0.2, 0.25) is 0 Å². The zero-order valence-electron chi connectivity index (χ0n) is 12.2. The molecule has 0 aliphatic rings. The van der Waals surface area contributed by atoms with Crippen molar-refractivity contribution in [2.45, 2.75) is 6.54 Å². The lowest BCUT2D eigenvalue weighted by Crippen LogP contribution is -2.08. The molecule has 0 aliphatic carbocycles. The predicted octanol–water partition coefficient (Wildman–Crippen LogP) is 3.46. The molecular formula is C16H15ClN6. The van der Waals surface area contributed by atoms with E-state index >= 15 is 0 Å². The molecule has 6 nitrogen and oxygen atoms in total. The molecule has 0 saturated carbocycles. The SMILES string of the molecule is Nc1c(NCc2cccnc2)ncnc1Nc1ccccc1Cl. The summed E-state index contributed by atoms with van der Waals surface area (Å²) in [5.41, 5.74) is 8.33. The number of aromatic nitrogens is 3.